The van der Waals surface area contributed by atoms with E-state index in [2.05, 4.69) is 53.5 Å². The van der Waals surface area contributed by atoms with Crippen molar-refractivity contribution in [2.24, 2.45) is 0 Å². The highest BCUT2D eigenvalue weighted by atomic mass is 15.1. The number of aromatic nitrogens is 2. The molecular weight excluding hydrogens is 298 g/mol. The molecule has 1 aromatic heterocycles. The lowest BCUT2D eigenvalue weighted by atomic mass is 10.1. The first-order valence-electron chi connectivity index (χ1n) is 7.81. The minimum atomic E-state index is 0.484. The van der Waals surface area contributed by atoms with Crippen LogP contribution in [0.1, 0.15) is 16.7 Å². The van der Waals surface area contributed by atoms with E-state index in [1.54, 1.807) is 0 Å². The summed E-state index contributed by atoms with van der Waals surface area (Å²) in [5, 5.41) is 6.52. The molecule has 0 amide bonds. The average molecular weight is 319 g/mol. The largest absolute Gasteiger partial charge is 0.393 e. The highest BCUT2D eigenvalue weighted by Crippen LogP contribution is 2.29. The third-order valence-electron chi connectivity index (χ3n) is 3.83. The maximum Gasteiger partial charge on any atom is 0.159 e. The van der Waals surface area contributed by atoms with Crippen LogP contribution in [0.4, 0.5) is 28.7 Å². The van der Waals surface area contributed by atoms with Gasteiger partial charge in [0.1, 0.15) is 12.0 Å². The number of hydrogen-bond acceptors (Lipinski definition) is 5. The number of anilines is 5. The third kappa shape index (κ3) is 3.46. The van der Waals surface area contributed by atoms with Gasteiger partial charge in [-0.25, -0.2) is 9.97 Å². The summed E-state index contributed by atoms with van der Waals surface area (Å²) in [6, 6.07) is 14.3. The van der Waals surface area contributed by atoms with Crippen molar-refractivity contribution in [3.05, 3.63) is 65.5 Å². The Kier molecular flexibility index (Phi) is 4.33. The molecule has 0 atom stereocenters. The van der Waals surface area contributed by atoms with Crippen LogP contribution in [-0.4, -0.2) is 9.97 Å². The molecule has 0 unspecified atom stereocenters. The van der Waals surface area contributed by atoms with Crippen molar-refractivity contribution in [3.63, 3.8) is 0 Å². The van der Waals surface area contributed by atoms with Gasteiger partial charge in [-0.1, -0.05) is 35.4 Å². The van der Waals surface area contributed by atoms with Gasteiger partial charge in [-0.3, -0.25) is 0 Å². The van der Waals surface area contributed by atoms with Gasteiger partial charge in [-0.2, -0.15) is 0 Å². The molecule has 0 saturated carbocycles. The lowest BCUT2D eigenvalue weighted by Gasteiger charge is -2.14. The molecule has 5 heteroatoms. The summed E-state index contributed by atoms with van der Waals surface area (Å²) < 4.78 is 0. The third-order valence-corrected chi connectivity index (χ3v) is 3.83. The number of nitrogens with zero attached hydrogens (tertiary/aromatic N) is 2. The highest BCUT2D eigenvalue weighted by molar-refractivity contribution is 5.80. The van der Waals surface area contributed by atoms with Crippen LogP contribution in [0.2, 0.25) is 0 Å². The predicted molar refractivity (Wildman–Crippen MR) is 100 cm³/mol. The summed E-state index contributed by atoms with van der Waals surface area (Å²) in [6.45, 7) is 6.17. The van der Waals surface area contributed by atoms with Gasteiger partial charge >= 0.3 is 0 Å². The first-order valence-corrected chi connectivity index (χ1v) is 7.81. The first-order chi connectivity index (χ1) is 11.5. The Labute approximate surface area is 142 Å². The lowest BCUT2D eigenvalue weighted by molar-refractivity contribution is 1.17. The van der Waals surface area contributed by atoms with Gasteiger partial charge in [0.05, 0.1) is 0 Å². The van der Waals surface area contributed by atoms with Crippen molar-refractivity contribution in [2.75, 3.05) is 16.4 Å². The molecule has 5 nitrogen and oxygen atoms in total. The lowest BCUT2D eigenvalue weighted by Crippen LogP contribution is -2.05. The van der Waals surface area contributed by atoms with E-state index < -0.39 is 0 Å². The molecule has 0 radical (unpaired) electrons. The van der Waals surface area contributed by atoms with Crippen LogP contribution < -0.4 is 16.4 Å². The van der Waals surface area contributed by atoms with E-state index in [0.29, 0.717) is 17.3 Å². The van der Waals surface area contributed by atoms with Crippen molar-refractivity contribution in [1.82, 2.24) is 9.97 Å². The second-order valence-electron chi connectivity index (χ2n) is 5.92. The number of nitrogen functional groups attached to an aromatic ring is 1. The molecule has 0 spiro atoms. The average Bonchev–Trinajstić information content (AvgIpc) is 2.55. The predicted octanol–water partition coefficient (Wildman–Crippen LogP) is 4.47. The standard InChI is InChI=1S/C19H21N5/c1-12-4-7-15(8-5-12)23-18-17(20)19(22-11-21-18)24-16-9-6-13(2)10-14(16)3/h4-11H,20H2,1-3H3,(H2,21,22,23,24). The van der Waals surface area contributed by atoms with Crippen LogP contribution in [0.3, 0.4) is 0 Å². The molecule has 2 aromatic carbocycles. The number of benzene rings is 2. The van der Waals surface area contributed by atoms with Crippen molar-refractivity contribution in [1.29, 1.82) is 0 Å². The zero-order valence-corrected chi connectivity index (χ0v) is 14.1. The van der Waals surface area contributed by atoms with E-state index in [-0.39, 0.29) is 0 Å². The summed E-state index contributed by atoms with van der Waals surface area (Å²) >= 11 is 0. The number of aryl methyl sites for hydroxylation is 3. The Morgan fingerprint density at radius 3 is 2.08 bits per heavy atom. The molecule has 4 N–H and O–H groups in total. The molecule has 3 rings (SSSR count). The van der Waals surface area contributed by atoms with E-state index in [1.807, 2.05) is 30.3 Å². The zero-order valence-electron chi connectivity index (χ0n) is 14.1. The minimum absolute atomic E-state index is 0.484. The van der Waals surface area contributed by atoms with Gasteiger partial charge in [0.15, 0.2) is 11.6 Å². The minimum Gasteiger partial charge on any atom is -0.393 e. The molecule has 24 heavy (non-hydrogen) atoms. The molecule has 122 valence electrons. The summed E-state index contributed by atoms with van der Waals surface area (Å²) in [7, 11) is 0. The summed E-state index contributed by atoms with van der Waals surface area (Å²) in [4.78, 5) is 8.51. The Bertz CT molecular complexity index is 856. The van der Waals surface area contributed by atoms with Crippen LogP contribution in [0, 0.1) is 20.8 Å². The van der Waals surface area contributed by atoms with Crippen molar-refractivity contribution < 1.29 is 0 Å². The molecule has 0 aliphatic carbocycles. The number of nitrogens with two attached hydrogens (primary N) is 1. The Morgan fingerprint density at radius 2 is 1.42 bits per heavy atom. The van der Waals surface area contributed by atoms with Crippen LogP contribution >= 0.6 is 0 Å². The van der Waals surface area contributed by atoms with Crippen molar-refractivity contribution in [3.8, 4) is 0 Å². The number of rotatable bonds is 4. The van der Waals surface area contributed by atoms with Crippen LogP contribution in [0.15, 0.2) is 48.8 Å². The highest BCUT2D eigenvalue weighted by Gasteiger charge is 2.10. The Hall–Kier alpha value is -3.08. The van der Waals surface area contributed by atoms with Crippen molar-refractivity contribution in [2.45, 2.75) is 20.8 Å². The fraction of sp³-hybridized carbons (Fsp3) is 0.158. The molecule has 0 saturated heterocycles. The molecular formula is C19H21N5. The number of nitrogens with one attached hydrogen (secondary N) is 2. The summed E-state index contributed by atoms with van der Waals surface area (Å²) in [5.74, 6) is 1.17. The van der Waals surface area contributed by atoms with Crippen molar-refractivity contribution >= 4 is 28.7 Å². The first kappa shape index (κ1) is 15.8. The zero-order chi connectivity index (χ0) is 17.1. The van der Waals surface area contributed by atoms with E-state index >= 15 is 0 Å². The van der Waals surface area contributed by atoms with Gasteiger partial charge < -0.3 is 16.4 Å². The Morgan fingerprint density at radius 1 is 0.792 bits per heavy atom. The fourth-order valence-corrected chi connectivity index (χ4v) is 2.45. The maximum atomic E-state index is 6.24. The van der Waals surface area contributed by atoms with Crippen LogP contribution in [0.5, 0.6) is 0 Å². The Balaban J connectivity index is 1.86. The maximum absolute atomic E-state index is 6.24. The van der Waals surface area contributed by atoms with Crippen LogP contribution in [0.25, 0.3) is 0 Å². The monoisotopic (exact) mass is 319 g/mol. The molecule has 3 aromatic rings. The van der Waals surface area contributed by atoms with E-state index in [4.69, 9.17) is 5.73 Å². The second kappa shape index (κ2) is 6.58. The SMILES string of the molecule is Cc1ccc(Nc2ncnc(Nc3ccc(C)cc3C)c2N)cc1. The molecule has 0 bridgehead atoms. The van der Waals surface area contributed by atoms with Gasteiger partial charge in [0, 0.05) is 11.4 Å². The van der Waals surface area contributed by atoms with E-state index in [0.717, 1.165) is 16.9 Å². The summed E-state index contributed by atoms with van der Waals surface area (Å²) in [6.07, 6.45) is 1.50. The van der Waals surface area contributed by atoms with Gasteiger partial charge in [-0.05, 0) is 44.5 Å². The molecule has 0 aliphatic heterocycles. The smallest absolute Gasteiger partial charge is 0.159 e. The normalized spacial score (nSPS) is 10.5. The van der Waals surface area contributed by atoms with Crippen LogP contribution in [-0.2, 0) is 0 Å². The number of hydrogen-bond donors (Lipinski definition) is 3. The van der Waals surface area contributed by atoms with Gasteiger partial charge in [0.2, 0.25) is 0 Å². The molecule has 1 heterocycles. The van der Waals surface area contributed by atoms with Gasteiger partial charge in [0.25, 0.3) is 0 Å². The fourth-order valence-electron chi connectivity index (χ4n) is 2.45. The molecule has 0 aliphatic rings. The van der Waals surface area contributed by atoms with E-state index in [1.165, 1.54) is 17.5 Å². The molecule has 0 fully saturated rings. The second-order valence-corrected chi connectivity index (χ2v) is 5.92. The van der Waals surface area contributed by atoms with E-state index in [9.17, 15) is 0 Å². The quantitative estimate of drug-likeness (QED) is 0.661. The van der Waals surface area contributed by atoms with Gasteiger partial charge in [-0.15, -0.1) is 0 Å². The summed E-state index contributed by atoms with van der Waals surface area (Å²) in [5.41, 5.74) is 12.2. The topological polar surface area (TPSA) is 75.9 Å².